The minimum absolute atomic E-state index is 0.321. The molecular formula is C27H32ClN3O5. The van der Waals surface area contributed by atoms with Crippen molar-refractivity contribution in [2.75, 3.05) is 11.9 Å². The second-order valence-corrected chi connectivity index (χ2v) is 9.74. The molecule has 2 unspecified atom stereocenters. The third kappa shape index (κ3) is 7.00. The third-order valence-electron chi connectivity index (χ3n) is 5.47. The number of nitrogens with zero attached hydrogens (tertiary/aromatic N) is 1. The van der Waals surface area contributed by atoms with Gasteiger partial charge in [0.2, 0.25) is 0 Å². The van der Waals surface area contributed by atoms with E-state index < -0.39 is 42.2 Å². The van der Waals surface area contributed by atoms with Crippen LogP contribution < -0.4 is 10.6 Å². The Morgan fingerprint density at radius 3 is 2.28 bits per heavy atom. The SMILES string of the molecule is C#CN(C(=O)C(CO)NC(=O)OC(C)(C)C)C(C(=O)Nc1c(C)cccc1Cl)c1cccc(C)c1C. The van der Waals surface area contributed by atoms with Gasteiger partial charge in [-0.05, 0) is 69.9 Å². The molecule has 9 heteroatoms. The van der Waals surface area contributed by atoms with Crippen LogP contribution in [0.25, 0.3) is 0 Å². The highest BCUT2D eigenvalue weighted by Crippen LogP contribution is 2.31. The van der Waals surface area contributed by atoms with E-state index in [4.69, 9.17) is 22.8 Å². The monoisotopic (exact) mass is 513 g/mol. The Morgan fingerprint density at radius 2 is 1.72 bits per heavy atom. The number of terminal acetylenes is 1. The highest BCUT2D eigenvalue weighted by molar-refractivity contribution is 6.34. The van der Waals surface area contributed by atoms with E-state index in [0.29, 0.717) is 21.8 Å². The van der Waals surface area contributed by atoms with Crippen molar-refractivity contribution >= 4 is 35.2 Å². The minimum Gasteiger partial charge on any atom is -0.444 e. The lowest BCUT2D eigenvalue weighted by atomic mass is 9.95. The van der Waals surface area contributed by atoms with Crippen LogP contribution in [0.3, 0.4) is 0 Å². The third-order valence-corrected chi connectivity index (χ3v) is 5.78. The maximum Gasteiger partial charge on any atom is 0.408 e. The van der Waals surface area contributed by atoms with Crippen molar-refractivity contribution in [2.24, 2.45) is 0 Å². The summed E-state index contributed by atoms with van der Waals surface area (Å²) in [5, 5.41) is 15.3. The van der Waals surface area contributed by atoms with Crippen LogP contribution in [0.15, 0.2) is 36.4 Å². The van der Waals surface area contributed by atoms with Gasteiger partial charge < -0.3 is 20.5 Å². The van der Waals surface area contributed by atoms with Crippen molar-refractivity contribution in [1.29, 1.82) is 0 Å². The first kappa shape index (κ1) is 28.7. The van der Waals surface area contributed by atoms with Gasteiger partial charge in [0.05, 0.1) is 17.3 Å². The lowest BCUT2D eigenvalue weighted by Gasteiger charge is -2.31. The molecule has 0 fully saturated rings. The van der Waals surface area contributed by atoms with Crippen molar-refractivity contribution in [3.8, 4) is 12.5 Å². The molecule has 0 spiro atoms. The van der Waals surface area contributed by atoms with Crippen LogP contribution in [-0.4, -0.2) is 46.2 Å². The Kier molecular flexibility index (Phi) is 9.51. The molecule has 2 aromatic carbocycles. The van der Waals surface area contributed by atoms with Crippen molar-refractivity contribution in [3.05, 3.63) is 63.7 Å². The first-order valence-electron chi connectivity index (χ1n) is 11.3. The Hall–Kier alpha value is -3.54. The smallest absolute Gasteiger partial charge is 0.408 e. The van der Waals surface area contributed by atoms with Gasteiger partial charge in [-0.15, -0.1) is 0 Å². The summed E-state index contributed by atoms with van der Waals surface area (Å²) >= 11 is 6.31. The lowest BCUT2D eigenvalue weighted by molar-refractivity contribution is -0.137. The van der Waals surface area contributed by atoms with Crippen LogP contribution in [0.2, 0.25) is 5.02 Å². The zero-order valence-electron chi connectivity index (χ0n) is 21.3. The molecule has 0 bridgehead atoms. The molecule has 2 aromatic rings. The summed E-state index contributed by atoms with van der Waals surface area (Å²) in [7, 11) is 0. The van der Waals surface area contributed by atoms with Gasteiger partial charge in [-0.25, -0.2) is 4.79 Å². The fourth-order valence-electron chi connectivity index (χ4n) is 3.52. The molecule has 0 radical (unpaired) electrons. The van der Waals surface area contributed by atoms with Gasteiger partial charge in [-0.2, -0.15) is 0 Å². The number of anilines is 1. The quantitative estimate of drug-likeness (QED) is 0.379. The molecule has 0 aliphatic heterocycles. The number of carbonyl (C=O) groups is 3. The van der Waals surface area contributed by atoms with Gasteiger partial charge in [-0.1, -0.05) is 48.4 Å². The molecule has 0 saturated carbocycles. The molecular weight excluding hydrogens is 482 g/mol. The number of para-hydroxylation sites is 1. The molecule has 0 aliphatic rings. The zero-order valence-corrected chi connectivity index (χ0v) is 22.1. The molecule has 3 amide bonds. The van der Waals surface area contributed by atoms with Crippen molar-refractivity contribution in [1.82, 2.24) is 10.2 Å². The topological polar surface area (TPSA) is 108 Å². The van der Waals surface area contributed by atoms with Gasteiger partial charge in [-0.3, -0.25) is 14.5 Å². The van der Waals surface area contributed by atoms with Crippen LogP contribution in [-0.2, 0) is 14.3 Å². The number of hydrogen-bond acceptors (Lipinski definition) is 5. The largest absolute Gasteiger partial charge is 0.444 e. The molecule has 0 saturated heterocycles. The Labute approximate surface area is 217 Å². The number of carbonyl (C=O) groups excluding carboxylic acids is 3. The van der Waals surface area contributed by atoms with Crippen molar-refractivity contribution < 1.29 is 24.2 Å². The van der Waals surface area contributed by atoms with E-state index in [2.05, 4.69) is 16.7 Å². The zero-order chi connectivity index (χ0) is 27.2. The van der Waals surface area contributed by atoms with E-state index in [-0.39, 0.29) is 0 Å². The van der Waals surface area contributed by atoms with Gasteiger partial charge in [0.15, 0.2) is 0 Å². The standard InChI is InChI=1S/C27H32ClN3O5/c1-8-31(25(34)21(15-32)29-26(35)36-27(5,6)7)23(19-13-9-11-16(2)18(19)4)24(33)30-22-17(3)12-10-14-20(22)28/h1,9-14,21,23,32H,15H2,2-7H3,(H,29,35)(H,30,33). The van der Waals surface area contributed by atoms with Crippen LogP contribution in [0, 0.1) is 33.2 Å². The van der Waals surface area contributed by atoms with Gasteiger partial charge in [0.25, 0.3) is 11.8 Å². The number of benzene rings is 2. The molecule has 8 nitrogen and oxygen atoms in total. The van der Waals surface area contributed by atoms with E-state index in [9.17, 15) is 19.5 Å². The molecule has 192 valence electrons. The fraction of sp³-hybridized carbons (Fsp3) is 0.370. The van der Waals surface area contributed by atoms with Crippen LogP contribution >= 0.6 is 11.6 Å². The number of alkyl carbamates (subject to hydrolysis) is 1. The number of rotatable bonds is 7. The highest BCUT2D eigenvalue weighted by atomic mass is 35.5. The molecule has 0 heterocycles. The first-order valence-corrected chi connectivity index (χ1v) is 11.7. The average Bonchev–Trinajstić information content (AvgIpc) is 2.78. The lowest BCUT2D eigenvalue weighted by Crippen LogP contribution is -2.52. The van der Waals surface area contributed by atoms with Crippen LogP contribution in [0.5, 0.6) is 0 Å². The number of ether oxygens (including phenoxy) is 1. The molecule has 36 heavy (non-hydrogen) atoms. The van der Waals surface area contributed by atoms with Gasteiger partial charge in [0, 0.05) is 6.04 Å². The molecule has 0 aromatic heterocycles. The predicted octanol–water partition coefficient (Wildman–Crippen LogP) is 4.25. The van der Waals surface area contributed by atoms with E-state index in [1.165, 1.54) is 0 Å². The summed E-state index contributed by atoms with van der Waals surface area (Å²) in [5.74, 6) is -1.47. The summed E-state index contributed by atoms with van der Waals surface area (Å²) < 4.78 is 5.19. The predicted molar refractivity (Wildman–Crippen MR) is 139 cm³/mol. The van der Waals surface area contributed by atoms with Gasteiger partial charge >= 0.3 is 6.09 Å². The van der Waals surface area contributed by atoms with E-state index in [1.807, 2.05) is 19.9 Å². The molecule has 3 N–H and O–H groups in total. The first-order chi connectivity index (χ1) is 16.8. The molecule has 2 atom stereocenters. The average molecular weight is 514 g/mol. The summed E-state index contributed by atoms with van der Waals surface area (Å²) in [6.45, 7) is 9.68. The summed E-state index contributed by atoms with van der Waals surface area (Å²) in [6.07, 6.45) is 4.83. The van der Waals surface area contributed by atoms with Crippen molar-refractivity contribution in [3.63, 3.8) is 0 Å². The van der Waals surface area contributed by atoms with Crippen LogP contribution in [0.4, 0.5) is 10.5 Å². The second kappa shape index (κ2) is 11.9. The number of nitrogens with one attached hydrogen (secondary N) is 2. The number of halogens is 1. The number of aliphatic hydroxyl groups excluding tert-OH is 1. The normalized spacial score (nSPS) is 12.6. The Balaban J connectivity index is 2.51. The summed E-state index contributed by atoms with van der Waals surface area (Å²) in [4.78, 5) is 40.3. The van der Waals surface area contributed by atoms with E-state index >= 15 is 0 Å². The van der Waals surface area contributed by atoms with Crippen LogP contribution in [0.1, 0.15) is 49.1 Å². The molecule has 0 aliphatic carbocycles. The van der Waals surface area contributed by atoms with E-state index in [0.717, 1.165) is 16.0 Å². The number of amides is 3. The maximum atomic E-state index is 13.7. The van der Waals surface area contributed by atoms with Gasteiger partial charge in [0.1, 0.15) is 17.7 Å². The van der Waals surface area contributed by atoms with E-state index in [1.54, 1.807) is 58.0 Å². The second-order valence-electron chi connectivity index (χ2n) is 9.33. The van der Waals surface area contributed by atoms with Crippen molar-refractivity contribution in [2.45, 2.75) is 59.2 Å². The molecule has 2 rings (SSSR count). The summed E-state index contributed by atoms with van der Waals surface area (Å²) in [5.41, 5.74) is 2.39. The minimum atomic E-state index is -1.45. The summed E-state index contributed by atoms with van der Waals surface area (Å²) in [6, 6.07) is 10.0. The Bertz CT molecular complexity index is 1160. The number of aryl methyl sites for hydroxylation is 2. The fourth-order valence-corrected chi connectivity index (χ4v) is 3.79. The number of aliphatic hydroxyl groups is 1. The highest BCUT2D eigenvalue weighted by Gasteiger charge is 2.37. The maximum absolute atomic E-state index is 13.7. The Morgan fingerprint density at radius 1 is 1.11 bits per heavy atom. The number of hydrogen-bond donors (Lipinski definition) is 3.